The van der Waals surface area contributed by atoms with Gasteiger partial charge in [0.05, 0.1) is 5.69 Å². The first-order valence-electron chi connectivity index (χ1n) is 9.41. The third-order valence-corrected chi connectivity index (χ3v) is 3.55. The summed E-state index contributed by atoms with van der Waals surface area (Å²) in [5, 5.41) is 8.03. The third kappa shape index (κ3) is 18.7. The molecule has 0 aliphatic rings. The molecule has 0 amide bonds. The minimum atomic E-state index is -10.7. The van der Waals surface area contributed by atoms with Crippen LogP contribution in [0.25, 0.3) is 11.1 Å². The van der Waals surface area contributed by atoms with E-state index in [0.29, 0.717) is 5.82 Å². The van der Waals surface area contributed by atoms with Crippen molar-refractivity contribution in [1.82, 2.24) is 4.98 Å². The maximum absolute atomic E-state index is 10.7. The number of rotatable bonds is 3. The summed E-state index contributed by atoms with van der Waals surface area (Å²) >= 11 is 0. The number of halogens is 7. The summed E-state index contributed by atoms with van der Waals surface area (Å²) in [6.45, 7) is 0. The van der Waals surface area contributed by atoms with Gasteiger partial charge in [-0.05, 0) is 35.4 Å². The van der Waals surface area contributed by atoms with Crippen LogP contribution in [0.4, 0.5) is 36.7 Å². The summed E-state index contributed by atoms with van der Waals surface area (Å²) in [5.74, 6) is 0.622. The molecule has 4 rings (SSSR count). The zero-order valence-corrected chi connectivity index (χ0v) is 22.5. The molecule has 1 aromatic heterocycles. The zero-order chi connectivity index (χ0) is 24.3. The van der Waals surface area contributed by atoms with E-state index in [-0.39, 0.29) is 43.5 Å². The fraction of sp³-hybridized carbons (Fsp3) is 0. The van der Waals surface area contributed by atoms with Gasteiger partial charge in [-0.25, -0.2) is 4.98 Å². The van der Waals surface area contributed by atoms with E-state index in [4.69, 9.17) is 0 Å². The van der Waals surface area contributed by atoms with Gasteiger partial charge >= 0.3 is 52.5 Å². The van der Waals surface area contributed by atoms with Crippen molar-refractivity contribution in [2.45, 2.75) is 0 Å². The molecule has 0 aliphatic heterocycles. The molecule has 0 spiro atoms. The summed E-state index contributed by atoms with van der Waals surface area (Å²) in [5.41, 5.74) is 3.38. The number of hydrogen-bond acceptors (Lipinski definition) is 3. The topological polar surface area (TPSA) is 37.6 Å². The molecular formula is C23H19F6IN3PRu. The molecule has 0 unspecified atom stereocenters. The predicted molar refractivity (Wildman–Crippen MR) is 120 cm³/mol. The summed E-state index contributed by atoms with van der Waals surface area (Å²) in [4.78, 5) is 4.03. The van der Waals surface area contributed by atoms with Gasteiger partial charge in [0.2, 0.25) is 0 Å². The zero-order valence-electron chi connectivity index (χ0n) is 17.8. The Morgan fingerprint density at radius 3 is 1.26 bits per heavy atom. The van der Waals surface area contributed by atoms with Crippen LogP contribution in [0.3, 0.4) is 0 Å². The van der Waals surface area contributed by atoms with Crippen LogP contribution in [0.5, 0.6) is 0 Å². The monoisotopic (exact) mass is 711 g/mol. The van der Waals surface area contributed by atoms with Crippen molar-refractivity contribution >= 4 is 19.3 Å². The van der Waals surface area contributed by atoms with Gasteiger partial charge in [-0.3, -0.25) is 0 Å². The molecule has 0 bridgehead atoms. The Morgan fingerprint density at radius 1 is 0.514 bits per heavy atom. The van der Waals surface area contributed by atoms with Crippen molar-refractivity contribution in [3.05, 3.63) is 115 Å². The fourth-order valence-corrected chi connectivity index (χ4v) is 2.28. The van der Waals surface area contributed by atoms with Crippen LogP contribution in [-0.2, 0) is 19.5 Å². The smallest absolute Gasteiger partial charge is 1.00 e. The van der Waals surface area contributed by atoms with Crippen molar-refractivity contribution in [1.29, 1.82) is 0 Å². The van der Waals surface area contributed by atoms with Gasteiger partial charge < -0.3 is 24.0 Å². The summed E-state index contributed by atoms with van der Waals surface area (Å²) in [7, 11) is -10.7. The van der Waals surface area contributed by atoms with Crippen molar-refractivity contribution in [3.63, 3.8) is 0 Å². The minimum Gasteiger partial charge on any atom is -1.00 e. The van der Waals surface area contributed by atoms with E-state index < -0.39 is 7.81 Å². The van der Waals surface area contributed by atoms with Crippen LogP contribution < -0.4 is 24.0 Å². The van der Waals surface area contributed by atoms with Gasteiger partial charge in [0.1, 0.15) is 0 Å². The first-order chi connectivity index (χ1) is 15.4. The Balaban J connectivity index is 0.000000508. The SMILES string of the molecule is F[P-](F)(F)(F)(F)F.[I-].[Ru+2].c1ccc(-c2ccccc2)cc1.c1ccc(N=Nc2ccccn2)cc1. The molecule has 3 nitrogen and oxygen atoms in total. The average molecular weight is 710 g/mol. The molecule has 0 fully saturated rings. The molecule has 3 aromatic carbocycles. The molecule has 0 radical (unpaired) electrons. The number of benzene rings is 3. The van der Waals surface area contributed by atoms with Gasteiger partial charge in [0, 0.05) is 6.20 Å². The summed E-state index contributed by atoms with van der Waals surface area (Å²) in [6, 6.07) is 35.9. The molecule has 12 heteroatoms. The molecule has 188 valence electrons. The van der Waals surface area contributed by atoms with Crippen LogP contribution in [0, 0.1) is 0 Å². The fourth-order valence-electron chi connectivity index (χ4n) is 2.28. The van der Waals surface area contributed by atoms with Gasteiger partial charge in [0.15, 0.2) is 5.82 Å². The van der Waals surface area contributed by atoms with Crippen molar-refractivity contribution in [2.24, 2.45) is 10.2 Å². The van der Waals surface area contributed by atoms with Crippen LogP contribution in [-0.4, -0.2) is 4.98 Å². The molecule has 0 aliphatic carbocycles. The van der Waals surface area contributed by atoms with E-state index in [1.807, 2.05) is 60.7 Å². The van der Waals surface area contributed by atoms with Crippen LogP contribution in [0.2, 0.25) is 0 Å². The molecule has 0 saturated carbocycles. The Bertz CT molecular complexity index is 1050. The number of hydrogen-bond donors (Lipinski definition) is 0. The molecule has 0 saturated heterocycles. The third-order valence-electron chi connectivity index (χ3n) is 3.55. The number of pyridine rings is 1. The van der Waals surface area contributed by atoms with E-state index in [1.165, 1.54) is 11.1 Å². The Hall–Kier alpha value is -2.23. The van der Waals surface area contributed by atoms with E-state index in [1.54, 1.807) is 6.20 Å². The standard InChI is InChI=1S/C12H10.C11H9N3.F6P.HI.Ru/c1-3-7-11(8-4-1)12-9-5-2-6-10-12;1-2-6-10(7-3-1)13-14-11-8-4-5-9-12-11;1-7(2,3,4,5)6;;/h1-10H;1-9H;;1H;/q;;-1;;+2/p-1. The molecular weight excluding hydrogens is 691 g/mol. The quantitative estimate of drug-likeness (QED) is 0.0728. The van der Waals surface area contributed by atoms with Crippen molar-refractivity contribution < 1.29 is 68.6 Å². The Kier molecular flexibility index (Phi) is 12.9. The second kappa shape index (κ2) is 13.8. The second-order valence-electron chi connectivity index (χ2n) is 6.41. The molecule has 4 aromatic rings. The van der Waals surface area contributed by atoms with Crippen LogP contribution in [0.1, 0.15) is 0 Å². The number of nitrogens with zero attached hydrogens (tertiary/aromatic N) is 3. The van der Waals surface area contributed by atoms with E-state index in [9.17, 15) is 25.2 Å². The van der Waals surface area contributed by atoms with E-state index in [0.717, 1.165) is 5.69 Å². The van der Waals surface area contributed by atoms with Gasteiger partial charge in [-0.1, -0.05) is 84.9 Å². The van der Waals surface area contributed by atoms with Gasteiger partial charge in [-0.2, -0.15) is 0 Å². The van der Waals surface area contributed by atoms with E-state index >= 15 is 0 Å². The minimum absolute atomic E-state index is 0. The summed E-state index contributed by atoms with van der Waals surface area (Å²) in [6.07, 6.45) is 1.69. The summed E-state index contributed by atoms with van der Waals surface area (Å²) < 4.78 is 59.2. The van der Waals surface area contributed by atoms with Gasteiger partial charge in [-0.15, -0.1) is 10.2 Å². The maximum atomic E-state index is 9.87. The maximum Gasteiger partial charge on any atom is 2.00 e. The number of aromatic nitrogens is 1. The molecule has 0 atom stereocenters. The normalized spacial score (nSPS) is 12.2. The molecule has 1 heterocycles. The molecule has 0 N–H and O–H groups in total. The van der Waals surface area contributed by atoms with Crippen LogP contribution >= 0.6 is 7.81 Å². The van der Waals surface area contributed by atoms with Crippen LogP contribution in [0.15, 0.2) is 126 Å². The second-order valence-corrected chi connectivity index (χ2v) is 8.33. The average Bonchev–Trinajstić information content (AvgIpc) is 2.79. The predicted octanol–water partition coefficient (Wildman–Crippen LogP) is 7.23. The van der Waals surface area contributed by atoms with Gasteiger partial charge in [0.25, 0.3) is 0 Å². The largest absolute Gasteiger partial charge is 2.00 e. The first-order valence-corrected chi connectivity index (χ1v) is 11.4. The molecule has 35 heavy (non-hydrogen) atoms. The Morgan fingerprint density at radius 2 is 0.886 bits per heavy atom. The van der Waals surface area contributed by atoms with Crippen molar-refractivity contribution in [3.8, 4) is 11.1 Å². The Labute approximate surface area is 228 Å². The van der Waals surface area contributed by atoms with Crippen molar-refractivity contribution in [2.75, 3.05) is 0 Å². The first kappa shape index (κ1) is 32.8. The number of azo groups is 1. The van der Waals surface area contributed by atoms with E-state index in [2.05, 4.69) is 63.7 Å².